The van der Waals surface area contributed by atoms with Gasteiger partial charge in [0, 0.05) is 19.7 Å². The second-order valence-corrected chi connectivity index (χ2v) is 4.26. The van der Waals surface area contributed by atoms with Crippen LogP contribution in [0.25, 0.3) is 0 Å². The summed E-state index contributed by atoms with van der Waals surface area (Å²) in [7, 11) is 1.58. The van der Waals surface area contributed by atoms with E-state index in [1.54, 1.807) is 7.11 Å². The summed E-state index contributed by atoms with van der Waals surface area (Å²) in [6.07, 6.45) is 4.83. The first-order valence-electron chi connectivity index (χ1n) is 6.16. The van der Waals surface area contributed by atoms with Gasteiger partial charge in [0.25, 0.3) is 0 Å². The largest absolute Gasteiger partial charge is 0.380 e. The summed E-state index contributed by atoms with van der Waals surface area (Å²) in [5, 5.41) is 2.96. The van der Waals surface area contributed by atoms with Crippen molar-refractivity contribution in [3.8, 4) is 0 Å². The van der Waals surface area contributed by atoms with Crippen molar-refractivity contribution in [1.29, 1.82) is 0 Å². The zero-order chi connectivity index (χ0) is 12.4. The summed E-state index contributed by atoms with van der Waals surface area (Å²) in [5.41, 5.74) is 5.46. The van der Waals surface area contributed by atoms with Crippen LogP contribution < -0.4 is 11.1 Å². The van der Waals surface area contributed by atoms with E-state index in [-0.39, 0.29) is 18.1 Å². The maximum atomic E-state index is 11.6. The first-order valence-corrected chi connectivity index (χ1v) is 6.16. The van der Waals surface area contributed by atoms with Gasteiger partial charge < -0.3 is 15.8 Å². The molecule has 0 aliphatic carbocycles. The molecule has 4 heteroatoms. The summed E-state index contributed by atoms with van der Waals surface area (Å²) in [4.78, 5) is 11.6. The smallest absolute Gasteiger partial charge is 0.222 e. The Kier molecular flexibility index (Phi) is 9.24. The van der Waals surface area contributed by atoms with E-state index in [0.717, 1.165) is 6.42 Å². The van der Waals surface area contributed by atoms with Crippen LogP contribution >= 0.6 is 0 Å². The summed E-state index contributed by atoms with van der Waals surface area (Å²) in [5.74, 6) is 0.0290. The Morgan fingerprint density at radius 3 is 2.62 bits per heavy atom. The van der Waals surface area contributed by atoms with E-state index in [1.165, 1.54) is 19.3 Å². The fourth-order valence-electron chi connectivity index (χ4n) is 1.58. The Morgan fingerprint density at radius 2 is 2.12 bits per heavy atom. The van der Waals surface area contributed by atoms with Crippen molar-refractivity contribution >= 4 is 5.91 Å². The van der Waals surface area contributed by atoms with Crippen LogP contribution in [0.1, 0.15) is 46.0 Å². The van der Waals surface area contributed by atoms with Crippen LogP contribution in [0, 0.1) is 0 Å². The van der Waals surface area contributed by atoms with E-state index < -0.39 is 0 Å². The third-order valence-electron chi connectivity index (χ3n) is 2.66. The molecule has 0 rings (SSSR count). The van der Waals surface area contributed by atoms with Crippen LogP contribution in [-0.2, 0) is 9.53 Å². The van der Waals surface area contributed by atoms with Gasteiger partial charge in [-0.1, -0.05) is 26.2 Å². The lowest BCUT2D eigenvalue weighted by atomic mass is 10.1. The zero-order valence-corrected chi connectivity index (χ0v) is 10.8. The van der Waals surface area contributed by atoms with E-state index in [4.69, 9.17) is 10.5 Å². The topological polar surface area (TPSA) is 64.4 Å². The molecular formula is C12H26N2O2. The predicted molar refractivity (Wildman–Crippen MR) is 66.2 cm³/mol. The molecule has 0 aromatic rings. The number of carbonyl (C=O) groups excluding carboxylic acids is 1. The molecule has 2 atom stereocenters. The normalized spacial score (nSPS) is 14.5. The molecule has 96 valence electrons. The minimum atomic E-state index is -0.164. The van der Waals surface area contributed by atoms with E-state index >= 15 is 0 Å². The van der Waals surface area contributed by atoms with Crippen LogP contribution in [0.4, 0.5) is 0 Å². The number of hydrogen-bond donors (Lipinski definition) is 2. The number of carbonyl (C=O) groups is 1. The quantitative estimate of drug-likeness (QED) is 0.589. The zero-order valence-electron chi connectivity index (χ0n) is 10.8. The summed E-state index contributed by atoms with van der Waals surface area (Å²) in [6.45, 7) is 4.60. The molecule has 0 radical (unpaired) electrons. The summed E-state index contributed by atoms with van der Waals surface area (Å²) >= 11 is 0. The first kappa shape index (κ1) is 15.4. The van der Waals surface area contributed by atoms with Crippen LogP contribution in [0.5, 0.6) is 0 Å². The average Bonchev–Trinajstić information content (AvgIpc) is 2.26. The molecule has 0 saturated carbocycles. The fourth-order valence-corrected chi connectivity index (χ4v) is 1.58. The van der Waals surface area contributed by atoms with E-state index in [2.05, 4.69) is 12.2 Å². The second-order valence-electron chi connectivity index (χ2n) is 4.26. The minimum absolute atomic E-state index is 0.0290. The maximum Gasteiger partial charge on any atom is 0.222 e. The molecule has 16 heavy (non-hydrogen) atoms. The number of amides is 1. The lowest BCUT2D eigenvalue weighted by Gasteiger charge is -2.16. The molecule has 0 heterocycles. The van der Waals surface area contributed by atoms with Gasteiger partial charge in [0.15, 0.2) is 0 Å². The molecule has 0 bridgehead atoms. The van der Waals surface area contributed by atoms with Crippen LogP contribution in [0.15, 0.2) is 0 Å². The highest BCUT2D eigenvalue weighted by Crippen LogP contribution is 2.03. The molecule has 1 amide bonds. The van der Waals surface area contributed by atoms with Crippen LogP contribution in [-0.4, -0.2) is 31.7 Å². The highest BCUT2D eigenvalue weighted by atomic mass is 16.5. The Labute approximate surface area is 98.9 Å². The number of methoxy groups -OCH3 is 1. The van der Waals surface area contributed by atoms with Gasteiger partial charge in [0.05, 0.1) is 12.5 Å². The van der Waals surface area contributed by atoms with Gasteiger partial charge in [-0.15, -0.1) is 0 Å². The van der Waals surface area contributed by atoms with E-state index in [0.29, 0.717) is 13.0 Å². The van der Waals surface area contributed by atoms with Crippen LogP contribution in [0.2, 0.25) is 0 Å². The molecule has 0 aliphatic rings. The predicted octanol–water partition coefficient (Wildman–Crippen LogP) is 1.44. The molecule has 0 spiro atoms. The fraction of sp³-hybridized carbons (Fsp3) is 0.917. The highest BCUT2D eigenvalue weighted by molar-refractivity contribution is 5.76. The van der Waals surface area contributed by atoms with Gasteiger partial charge >= 0.3 is 0 Å². The van der Waals surface area contributed by atoms with Gasteiger partial charge in [-0.25, -0.2) is 0 Å². The van der Waals surface area contributed by atoms with Crippen molar-refractivity contribution in [2.45, 2.75) is 58.1 Å². The number of hydrogen-bond acceptors (Lipinski definition) is 3. The molecule has 0 saturated heterocycles. The van der Waals surface area contributed by atoms with E-state index in [9.17, 15) is 4.79 Å². The van der Waals surface area contributed by atoms with Crippen LogP contribution in [0.3, 0.4) is 0 Å². The molecule has 0 aromatic heterocycles. The van der Waals surface area contributed by atoms with Gasteiger partial charge in [0.1, 0.15) is 0 Å². The molecular weight excluding hydrogens is 204 g/mol. The van der Waals surface area contributed by atoms with Gasteiger partial charge in [-0.05, 0) is 13.3 Å². The van der Waals surface area contributed by atoms with Gasteiger partial charge in [-0.3, -0.25) is 4.79 Å². The van der Waals surface area contributed by atoms with Crippen molar-refractivity contribution in [3.63, 3.8) is 0 Å². The van der Waals surface area contributed by atoms with Crippen molar-refractivity contribution in [2.75, 3.05) is 13.7 Å². The molecule has 2 unspecified atom stereocenters. The van der Waals surface area contributed by atoms with E-state index in [1.807, 2.05) is 6.92 Å². The molecule has 0 aromatic carbocycles. The Bertz CT molecular complexity index is 182. The lowest BCUT2D eigenvalue weighted by Crippen LogP contribution is -2.36. The Hall–Kier alpha value is -0.610. The SMILES string of the molecule is CCCCCC(C)NC(=O)CC(CN)OC. The highest BCUT2D eigenvalue weighted by Gasteiger charge is 2.13. The molecule has 3 N–H and O–H groups in total. The standard InChI is InChI=1S/C12H26N2O2/c1-4-5-6-7-10(2)14-12(15)8-11(9-13)16-3/h10-11H,4-9,13H2,1-3H3,(H,14,15). The number of rotatable bonds is 9. The van der Waals surface area contributed by atoms with Crippen molar-refractivity contribution < 1.29 is 9.53 Å². The summed E-state index contributed by atoms with van der Waals surface area (Å²) in [6, 6.07) is 0.245. The average molecular weight is 230 g/mol. The van der Waals surface area contributed by atoms with Crippen molar-refractivity contribution in [1.82, 2.24) is 5.32 Å². The van der Waals surface area contributed by atoms with Gasteiger partial charge in [-0.2, -0.15) is 0 Å². The Balaban J connectivity index is 3.68. The first-order chi connectivity index (χ1) is 7.63. The second kappa shape index (κ2) is 9.60. The van der Waals surface area contributed by atoms with Crippen molar-refractivity contribution in [3.05, 3.63) is 0 Å². The number of nitrogens with two attached hydrogens (primary N) is 1. The lowest BCUT2D eigenvalue weighted by molar-refractivity contribution is -0.124. The Morgan fingerprint density at radius 1 is 1.44 bits per heavy atom. The summed E-state index contributed by atoms with van der Waals surface area (Å²) < 4.78 is 5.06. The third-order valence-corrected chi connectivity index (χ3v) is 2.66. The molecule has 0 aliphatic heterocycles. The molecule has 4 nitrogen and oxygen atoms in total. The van der Waals surface area contributed by atoms with Crippen molar-refractivity contribution in [2.24, 2.45) is 5.73 Å². The minimum Gasteiger partial charge on any atom is -0.380 e. The van der Waals surface area contributed by atoms with Gasteiger partial charge in [0.2, 0.25) is 5.91 Å². The number of unbranched alkanes of at least 4 members (excludes halogenated alkanes) is 2. The number of ether oxygens (including phenoxy) is 1. The maximum absolute atomic E-state index is 11.6. The number of nitrogens with one attached hydrogen (secondary N) is 1. The molecule has 0 fully saturated rings. The monoisotopic (exact) mass is 230 g/mol. The third kappa shape index (κ3) is 7.65.